The lowest BCUT2D eigenvalue weighted by Crippen LogP contribution is -2.40. The van der Waals surface area contributed by atoms with Crippen LogP contribution in [0.4, 0.5) is 0 Å². The number of hydrogen-bond acceptors (Lipinski definition) is 5. The zero-order valence-corrected chi connectivity index (χ0v) is 14.6. The molecule has 1 atom stereocenters. The second-order valence-corrected chi connectivity index (χ2v) is 6.71. The molecular weight excluding hydrogens is 320 g/mol. The lowest BCUT2D eigenvalue weighted by molar-refractivity contribution is -0.135. The minimum Gasteiger partial charge on any atom is -0.370 e. The van der Waals surface area contributed by atoms with E-state index >= 15 is 0 Å². The van der Waals surface area contributed by atoms with Gasteiger partial charge in [0, 0.05) is 44.1 Å². The fourth-order valence-corrected chi connectivity index (χ4v) is 3.20. The molecule has 0 saturated carbocycles. The Morgan fingerprint density at radius 2 is 2.04 bits per heavy atom. The number of carbonyl (C=O) groups excluding carboxylic acids is 2. The van der Waals surface area contributed by atoms with Crippen molar-refractivity contribution in [1.82, 2.24) is 20.2 Å². The van der Waals surface area contributed by atoms with Gasteiger partial charge >= 0.3 is 0 Å². The fourth-order valence-electron chi connectivity index (χ4n) is 3.20. The number of rotatable bonds is 5. The highest BCUT2D eigenvalue weighted by atomic mass is 16.5. The molecule has 0 aliphatic carbocycles. The summed E-state index contributed by atoms with van der Waals surface area (Å²) in [6.07, 6.45) is 10.1. The number of amides is 2. The molecule has 2 amide bonds. The SMILES string of the molecule is O=C(CN1CCCCCC1=O)NCc1cnc(C2CCCCO2)nc1. The van der Waals surface area contributed by atoms with Crippen molar-refractivity contribution in [3.05, 3.63) is 23.8 Å². The van der Waals surface area contributed by atoms with Crippen LogP contribution in [0.25, 0.3) is 0 Å². The van der Waals surface area contributed by atoms with E-state index < -0.39 is 0 Å². The highest BCUT2D eigenvalue weighted by molar-refractivity contribution is 5.84. The third-order valence-electron chi connectivity index (χ3n) is 4.69. The topological polar surface area (TPSA) is 84.4 Å². The molecular formula is C18H26N4O3. The van der Waals surface area contributed by atoms with Gasteiger partial charge in [-0.1, -0.05) is 6.42 Å². The molecule has 2 fully saturated rings. The van der Waals surface area contributed by atoms with Crippen molar-refractivity contribution in [2.45, 2.75) is 57.6 Å². The summed E-state index contributed by atoms with van der Waals surface area (Å²) in [6, 6.07) is 0. The number of likely N-dealkylation sites (tertiary alicyclic amines) is 1. The molecule has 1 unspecified atom stereocenters. The van der Waals surface area contributed by atoms with Crippen molar-refractivity contribution in [3.8, 4) is 0 Å². The summed E-state index contributed by atoms with van der Waals surface area (Å²) < 4.78 is 5.67. The molecule has 0 aromatic carbocycles. The van der Waals surface area contributed by atoms with Crippen molar-refractivity contribution in [2.24, 2.45) is 0 Å². The summed E-state index contributed by atoms with van der Waals surface area (Å²) in [7, 11) is 0. The largest absolute Gasteiger partial charge is 0.370 e. The van der Waals surface area contributed by atoms with E-state index in [0.717, 1.165) is 50.7 Å². The standard InChI is InChI=1S/C18H26N4O3/c23-16(13-22-8-4-1-2-7-17(22)24)19-10-14-11-20-18(21-12-14)15-6-3-5-9-25-15/h11-12,15H,1-10,13H2,(H,19,23). The molecule has 25 heavy (non-hydrogen) atoms. The molecule has 3 rings (SSSR count). The molecule has 2 aliphatic heterocycles. The van der Waals surface area contributed by atoms with Crippen molar-refractivity contribution in [3.63, 3.8) is 0 Å². The maximum Gasteiger partial charge on any atom is 0.239 e. The number of ether oxygens (including phenoxy) is 1. The summed E-state index contributed by atoms with van der Waals surface area (Å²) in [5.41, 5.74) is 0.843. The van der Waals surface area contributed by atoms with Crippen LogP contribution in [-0.4, -0.2) is 46.4 Å². The second kappa shape index (κ2) is 8.89. The number of aromatic nitrogens is 2. The van der Waals surface area contributed by atoms with Crippen molar-refractivity contribution in [1.29, 1.82) is 0 Å². The van der Waals surface area contributed by atoms with Gasteiger partial charge in [-0.25, -0.2) is 9.97 Å². The van der Waals surface area contributed by atoms with Crippen LogP contribution in [0, 0.1) is 0 Å². The summed E-state index contributed by atoms with van der Waals surface area (Å²) in [6.45, 7) is 1.94. The Kier molecular flexibility index (Phi) is 6.33. The van der Waals surface area contributed by atoms with Crippen LogP contribution in [0.3, 0.4) is 0 Å². The number of nitrogens with one attached hydrogen (secondary N) is 1. The first-order chi connectivity index (χ1) is 12.2. The first-order valence-electron chi connectivity index (χ1n) is 9.19. The molecule has 1 aromatic heterocycles. The van der Waals surface area contributed by atoms with E-state index in [9.17, 15) is 9.59 Å². The van der Waals surface area contributed by atoms with Crippen LogP contribution in [0.5, 0.6) is 0 Å². The van der Waals surface area contributed by atoms with Crippen LogP contribution >= 0.6 is 0 Å². The predicted octanol–water partition coefficient (Wildman–Crippen LogP) is 1.74. The maximum absolute atomic E-state index is 12.1. The van der Waals surface area contributed by atoms with Crippen molar-refractivity contribution in [2.75, 3.05) is 19.7 Å². The molecule has 0 spiro atoms. The normalized spacial score (nSPS) is 21.7. The van der Waals surface area contributed by atoms with E-state index in [1.165, 1.54) is 0 Å². The molecule has 0 radical (unpaired) electrons. The highest BCUT2D eigenvalue weighted by Gasteiger charge is 2.20. The molecule has 2 aliphatic rings. The quantitative estimate of drug-likeness (QED) is 0.878. The molecule has 3 heterocycles. The van der Waals surface area contributed by atoms with Gasteiger partial charge in [0.25, 0.3) is 0 Å². The van der Waals surface area contributed by atoms with E-state index in [2.05, 4.69) is 15.3 Å². The van der Waals surface area contributed by atoms with Crippen LogP contribution < -0.4 is 5.32 Å². The number of carbonyl (C=O) groups is 2. The van der Waals surface area contributed by atoms with Gasteiger partial charge in [0.15, 0.2) is 5.82 Å². The van der Waals surface area contributed by atoms with E-state index in [1.807, 2.05) is 0 Å². The van der Waals surface area contributed by atoms with Gasteiger partial charge in [-0.3, -0.25) is 9.59 Å². The molecule has 0 bridgehead atoms. The second-order valence-electron chi connectivity index (χ2n) is 6.71. The van der Waals surface area contributed by atoms with Crippen LogP contribution in [0.1, 0.15) is 62.4 Å². The summed E-state index contributed by atoms with van der Waals surface area (Å²) in [4.78, 5) is 34.4. The van der Waals surface area contributed by atoms with Gasteiger partial charge in [0.2, 0.25) is 11.8 Å². The fraction of sp³-hybridized carbons (Fsp3) is 0.667. The Morgan fingerprint density at radius 3 is 2.80 bits per heavy atom. The number of nitrogens with zero attached hydrogens (tertiary/aromatic N) is 3. The minimum absolute atomic E-state index is 0.00793. The van der Waals surface area contributed by atoms with Gasteiger partial charge in [0.1, 0.15) is 6.10 Å². The Bertz CT molecular complexity index is 584. The van der Waals surface area contributed by atoms with Crippen LogP contribution in [-0.2, 0) is 20.9 Å². The lowest BCUT2D eigenvalue weighted by Gasteiger charge is -2.21. The Balaban J connectivity index is 1.46. The average molecular weight is 346 g/mol. The van der Waals surface area contributed by atoms with Gasteiger partial charge in [-0.15, -0.1) is 0 Å². The Hall–Kier alpha value is -2.02. The number of hydrogen-bond donors (Lipinski definition) is 1. The van der Waals surface area contributed by atoms with Crippen molar-refractivity contribution < 1.29 is 14.3 Å². The van der Waals surface area contributed by atoms with Gasteiger partial charge in [-0.05, 0) is 32.1 Å². The average Bonchev–Trinajstić information content (AvgIpc) is 2.86. The Labute approximate surface area is 148 Å². The Morgan fingerprint density at radius 1 is 1.20 bits per heavy atom. The zero-order chi connectivity index (χ0) is 17.5. The molecule has 2 saturated heterocycles. The minimum atomic E-state index is -0.144. The molecule has 7 nitrogen and oxygen atoms in total. The maximum atomic E-state index is 12.1. The van der Waals surface area contributed by atoms with E-state index in [-0.39, 0.29) is 24.5 Å². The third kappa shape index (κ3) is 5.22. The third-order valence-corrected chi connectivity index (χ3v) is 4.69. The molecule has 1 N–H and O–H groups in total. The predicted molar refractivity (Wildman–Crippen MR) is 91.5 cm³/mol. The van der Waals surface area contributed by atoms with Crippen molar-refractivity contribution >= 4 is 11.8 Å². The molecule has 7 heteroatoms. The first-order valence-corrected chi connectivity index (χ1v) is 9.19. The summed E-state index contributed by atoms with van der Waals surface area (Å²) >= 11 is 0. The van der Waals surface area contributed by atoms with Crippen LogP contribution in [0.15, 0.2) is 12.4 Å². The molecule has 1 aromatic rings. The zero-order valence-electron chi connectivity index (χ0n) is 14.6. The first kappa shape index (κ1) is 17.8. The van der Waals surface area contributed by atoms with Gasteiger partial charge in [-0.2, -0.15) is 0 Å². The van der Waals surface area contributed by atoms with Crippen LogP contribution in [0.2, 0.25) is 0 Å². The monoisotopic (exact) mass is 346 g/mol. The van der Waals surface area contributed by atoms with E-state index in [1.54, 1.807) is 17.3 Å². The van der Waals surface area contributed by atoms with Gasteiger partial charge in [0.05, 0.1) is 6.54 Å². The van der Waals surface area contributed by atoms with E-state index in [4.69, 9.17) is 4.74 Å². The molecule has 136 valence electrons. The highest BCUT2D eigenvalue weighted by Crippen LogP contribution is 2.24. The lowest BCUT2D eigenvalue weighted by atomic mass is 10.1. The summed E-state index contributed by atoms with van der Waals surface area (Å²) in [5.74, 6) is 0.646. The van der Waals surface area contributed by atoms with Gasteiger partial charge < -0.3 is 15.0 Å². The summed E-state index contributed by atoms with van der Waals surface area (Å²) in [5, 5.41) is 2.84. The smallest absolute Gasteiger partial charge is 0.239 e. The van der Waals surface area contributed by atoms with E-state index in [0.29, 0.717) is 25.3 Å².